The Bertz CT molecular complexity index is 812. The van der Waals surface area contributed by atoms with Gasteiger partial charge in [-0.3, -0.25) is 9.79 Å². The molecule has 0 aliphatic carbocycles. The summed E-state index contributed by atoms with van der Waals surface area (Å²) in [6.07, 6.45) is 0. The number of halogens is 2. The molecule has 152 valence electrons. The Morgan fingerprint density at radius 3 is 2.46 bits per heavy atom. The fourth-order valence-electron chi connectivity index (χ4n) is 2.40. The van der Waals surface area contributed by atoms with E-state index < -0.39 is 5.91 Å². The Labute approximate surface area is 196 Å². The summed E-state index contributed by atoms with van der Waals surface area (Å²) in [5.41, 5.74) is 6.81. The molecule has 1 amide bonds. The second kappa shape index (κ2) is 11.7. The molecule has 8 heteroatoms. The molecule has 2 aromatic rings. The van der Waals surface area contributed by atoms with Crippen LogP contribution in [0.3, 0.4) is 0 Å². The van der Waals surface area contributed by atoms with Crippen molar-refractivity contribution >= 4 is 63.5 Å². The average Bonchev–Trinajstić information content (AvgIpc) is 2.64. The van der Waals surface area contributed by atoms with Crippen molar-refractivity contribution in [1.82, 2.24) is 10.6 Å². The normalized spacial score (nSPS) is 11.5. The highest BCUT2D eigenvalue weighted by molar-refractivity contribution is 14.0. The average molecular weight is 577 g/mol. The molecule has 0 bridgehead atoms. The highest BCUT2D eigenvalue weighted by Gasteiger charge is 2.20. The lowest BCUT2D eigenvalue weighted by molar-refractivity contribution is 0.1000. The number of nitrogens with one attached hydrogen (secondary N) is 2. The summed E-state index contributed by atoms with van der Waals surface area (Å²) < 4.78 is 1.06. The summed E-state index contributed by atoms with van der Waals surface area (Å²) in [7, 11) is 1.74. The number of carbonyl (C=O) groups is 1. The minimum Gasteiger partial charge on any atom is -0.366 e. The molecule has 0 atom stereocenters. The zero-order valence-corrected chi connectivity index (χ0v) is 20.9. The fourth-order valence-corrected chi connectivity index (χ4v) is 3.71. The van der Waals surface area contributed by atoms with E-state index in [4.69, 9.17) is 5.73 Å². The Morgan fingerprint density at radius 1 is 1.18 bits per heavy atom. The highest BCUT2D eigenvalue weighted by Crippen LogP contribution is 2.32. The third kappa shape index (κ3) is 8.40. The quantitative estimate of drug-likeness (QED) is 0.197. The number of nitrogens with zero attached hydrogens (tertiary/aromatic N) is 1. The summed E-state index contributed by atoms with van der Waals surface area (Å²) in [4.78, 5) is 16.8. The summed E-state index contributed by atoms with van der Waals surface area (Å²) in [5, 5.41) is 6.63. The van der Waals surface area contributed by atoms with E-state index in [0.29, 0.717) is 18.1 Å². The molecule has 5 nitrogen and oxygen atoms in total. The van der Waals surface area contributed by atoms with Crippen LogP contribution < -0.4 is 16.4 Å². The smallest absolute Gasteiger partial charge is 0.248 e. The van der Waals surface area contributed by atoms with Crippen molar-refractivity contribution in [3.05, 3.63) is 64.1 Å². The standard InChI is InChI=1S/C20H25BrN4OS.HI/c1-20(2,27-17-9-7-16(21)8-10-17)13-25-19(23-3)24-12-14-5-4-6-15(11-14)18(22)26;/h4-11H,12-13H2,1-3H3,(H2,22,26)(H2,23,24,25);1H. The monoisotopic (exact) mass is 576 g/mol. The van der Waals surface area contributed by atoms with Crippen LogP contribution in [0.25, 0.3) is 0 Å². The maximum atomic E-state index is 11.3. The first-order chi connectivity index (χ1) is 12.8. The van der Waals surface area contributed by atoms with Crippen molar-refractivity contribution in [2.45, 2.75) is 30.0 Å². The first kappa shape index (κ1) is 24.8. The van der Waals surface area contributed by atoms with Crippen LogP contribution in [0.4, 0.5) is 0 Å². The first-order valence-electron chi connectivity index (χ1n) is 8.57. The number of hydrogen-bond acceptors (Lipinski definition) is 3. The molecule has 0 aromatic heterocycles. The fraction of sp³-hybridized carbons (Fsp3) is 0.300. The van der Waals surface area contributed by atoms with Crippen molar-refractivity contribution in [1.29, 1.82) is 0 Å². The van der Waals surface area contributed by atoms with Crippen molar-refractivity contribution in [2.24, 2.45) is 10.7 Å². The maximum absolute atomic E-state index is 11.3. The Morgan fingerprint density at radius 2 is 1.86 bits per heavy atom. The number of rotatable bonds is 7. The van der Waals surface area contributed by atoms with Crippen molar-refractivity contribution < 1.29 is 4.79 Å². The molecule has 0 heterocycles. The molecular formula is C20H26BrIN4OS. The Balaban J connectivity index is 0.00000392. The topological polar surface area (TPSA) is 79.5 Å². The van der Waals surface area contributed by atoms with Gasteiger partial charge >= 0.3 is 0 Å². The van der Waals surface area contributed by atoms with Gasteiger partial charge in [-0.05, 0) is 55.8 Å². The van der Waals surface area contributed by atoms with Gasteiger partial charge in [0.2, 0.25) is 5.91 Å². The van der Waals surface area contributed by atoms with Gasteiger partial charge < -0.3 is 16.4 Å². The molecule has 28 heavy (non-hydrogen) atoms. The molecular weight excluding hydrogens is 551 g/mol. The lowest BCUT2D eigenvalue weighted by atomic mass is 10.1. The van der Waals surface area contributed by atoms with Crippen LogP contribution in [0, 0.1) is 0 Å². The van der Waals surface area contributed by atoms with Gasteiger partial charge in [0.1, 0.15) is 0 Å². The molecule has 0 saturated heterocycles. The van der Waals surface area contributed by atoms with E-state index in [1.807, 2.05) is 36.0 Å². The van der Waals surface area contributed by atoms with Gasteiger partial charge in [0.15, 0.2) is 5.96 Å². The molecule has 2 aromatic carbocycles. The third-order valence-electron chi connectivity index (χ3n) is 3.78. The number of aliphatic imine (C=N–C) groups is 1. The van der Waals surface area contributed by atoms with E-state index in [1.165, 1.54) is 4.90 Å². The van der Waals surface area contributed by atoms with Gasteiger partial charge in [0.25, 0.3) is 0 Å². The van der Waals surface area contributed by atoms with Gasteiger partial charge in [-0.25, -0.2) is 0 Å². The second-order valence-electron chi connectivity index (χ2n) is 6.66. The lowest BCUT2D eigenvalue weighted by Gasteiger charge is -2.25. The van der Waals surface area contributed by atoms with Crippen LogP contribution in [-0.2, 0) is 6.54 Å². The van der Waals surface area contributed by atoms with Gasteiger partial charge in [0, 0.05) is 39.8 Å². The zero-order chi connectivity index (χ0) is 19.9. The van der Waals surface area contributed by atoms with Crippen LogP contribution in [0.1, 0.15) is 29.8 Å². The van der Waals surface area contributed by atoms with E-state index in [2.05, 4.69) is 57.5 Å². The number of guanidine groups is 1. The largest absolute Gasteiger partial charge is 0.366 e. The lowest BCUT2D eigenvalue weighted by Crippen LogP contribution is -2.43. The van der Waals surface area contributed by atoms with Gasteiger partial charge in [0.05, 0.1) is 0 Å². The van der Waals surface area contributed by atoms with E-state index in [9.17, 15) is 4.79 Å². The van der Waals surface area contributed by atoms with Crippen LogP contribution in [-0.4, -0.2) is 30.2 Å². The SMILES string of the molecule is CN=C(NCc1cccc(C(N)=O)c1)NCC(C)(C)Sc1ccc(Br)cc1.I. The van der Waals surface area contributed by atoms with E-state index in [0.717, 1.165) is 16.6 Å². The summed E-state index contributed by atoms with van der Waals surface area (Å²) in [6.45, 7) is 5.68. The van der Waals surface area contributed by atoms with Crippen LogP contribution in [0.2, 0.25) is 0 Å². The van der Waals surface area contributed by atoms with Crippen LogP contribution in [0.5, 0.6) is 0 Å². The van der Waals surface area contributed by atoms with E-state index >= 15 is 0 Å². The van der Waals surface area contributed by atoms with Crippen LogP contribution in [0.15, 0.2) is 62.9 Å². The maximum Gasteiger partial charge on any atom is 0.248 e. The zero-order valence-electron chi connectivity index (χ0n) is 16.2. The molecule has 0 aliphatic heterocycles. The second-order valence-corrected chi connectivity index (χ2v) is 9.36. The van der Waals surface area contributed by atoms with Crippen molar-refractivity contribution in [2.75, 3.05) is 13.6 Å². The number of carbonyl (C=O) groups excluding carboxylic acids is 1. The molecule has 0 aliphatic rings. The number of primary amides is 1. The minimum absolute atomic E-state index is 0. The molecule has 0 spiro atoms. The number of hydrogen-bond donors (Lipinski definition) is 3. The Hall–Kier alpha value is -1.26. The summed E-state index contributed by atoms with van der Waals surface area (Å²) in [6, 6.07) is 15.6. The Kier molecular flexibility index (Phi) is 10.3. The molecule has 2 rings (SSSR count). The molecule has 0 unspecified atom stereocenters. The molecule has 0 fully saturated rings. The predicted octanol–water partition coefficient (Wildman–Crippen LogP) is 4.40. The van der Waals surface area contributed by atoms with Crippen molar-refractivity contribution in [3.63, 3.8) is 0 Å². The molecule has 0 radical (unpaired) electrons. The summed E-state index contributed by atoms with van der Waals surface area (Å²) >= 11 is 5.27. The molecule has 4 N–H and O–H groups in total. The number of nitrogens with two attached hydrogens (primary N) is 1. The minimum atomic E-state index is -0.425. The van der Waals surface area contributed by atoms with Crippen LogP contribution >= 0.6 is 51.7 Å². The molecule has 0 saturated carbocycles. The highest BCUT2D eigenvalue weighted by atomic mass is 127. The van der Waals surface area contributed by atoms with Gasteiger partial charge in [-0.1, -0.05) is 28.1 Å². The third-order valence-corrected chi connectivity index (χ3v) is 5.52. The van der Waals surface area contributed by atoms with Gasteiger partial charge in [-0.15, -0.1) is 35.7 Å². The van der Waals surface area contributed by atoms with Gasteiger partial charge in [-0.2, -0.15) is 0 Å². The number of benzene rings is 2. The summed E-state index contributed by atoms with van der Waals surface area (Å²) in [5.74, 6) is 0.287. The van der Waals surface area contributed by atoms with E-state index in [1.54, 1.807) is 19.2 Å². The first-order valence-corrected chi connectivity index (χ1v) is 10.2. The van der Waals surface area contributed by atoms with Crippen molar-refractivity contribution in [3.8, 4) is 0 Å². The number of thioether (sulfide) groups is 1. The number of amides is 1. The predicted molar refractivity (Wildman–Crippen MR) is 133 cm³/mol. The van der Waals surface area contributed by atoms with E-state index in [-0.39, 0.29) is 28.7 Å².